The van der Waals surface area contributed by atoms with E-state index in [-0.39, 0.29) is 44.8 Å². The molecule has 2 aromatic carbocycles. The lowest BCUT2D eigenvalue weighted by molar-refractivity contribution is -0.142. The van der Waals surface area contributed by atoms with Crippen LogP contribution in [0, 0.1) is 12.3 Å². The van der Waals surface area contributed by atoms with Gasteiger partial charge in [0.2, 0.25) is 29.5 Å². The minimum atomic E-state index is -1.02. The van der Waals surface area contributed by atoms with Crippen LogP contribution in [0.2, 0.25) is 0 Å². The number of nitrogens with one attached hydrogen (secondary N) is 4. The molecule has 0 unspecified atom stereocenters. The van der Waals surface area contributed by atoms with E-state index in [9.17, 15) is 24.0 Å². The summed E-state index contributed by atoms with van der Waals surface area (Å²) in [6.45, 7) is 0.299. The highest BCUT2D eigenvalue weighted by atomic mass is 16.2. The Labute approximate surface area is 268 Å². The van der Waals surface area contributed by atoms with Crippen molar-refractivity contribution >= 4 is 29.5 Å². The van der Waals surface area contributed by atoms with E-state index in [0.717, 1.165) is 11.1 Å². The van der Waals surface area contributed by atoms with Crippen LogP contribution in [0.4, 0.5) is 0 Å². The van der Waals surface area contributed by atoms with Crippen LogP contribution in [0.3, 0.4) is 0 Å². The van der Waals surface area contributed by atoms with Crippen LogP contribution in [-0.4, -0.2) is 78.7 Å². The largest absolute Gasteiger partial charge is 0.345 e. The van der Waals surface area contributed by atoms with E-state index in [1.54, 1.807) is 0 Å². The monoisotopic (exact) mass is 628 g/mol. The van der Waals surface area contributed by atoms with Gasteiger partial charge in [0.05, 0.1) is 13.1 Å². The molecule has 1 fully saturated rings. The summed E-state index contributed by atoms with van der Waals surface area (Å²) < 4.78 is 0. The van der Waals surface area contributed by atoms with E-state index in [0.29, 0.717) is 32.2 Å². The second kappa shape index (κ2) is 19.1. The summed E-state index contributed by atoms with van der Waals surface area (Å²) in [7, 11) is 0. The second-order valence-corrected chi connectivity index (χ2v) is 10.9. The first-order valence-electron chi connectivity index (χ1n) is 15.3. The predicted molar refractivity (Wildman–Crippen MR) is 172 cm³/mol. The first-order valence-corrected chi connectivity index (χ1v) is 15.3. The maximum atomic E-state index is 13.9. The molecule has 1 aliphatic rings. The summed E-state index contributed by atoms with van der Waals surface area (Å²) in [5.74, 6) is 0.0571. The summed E-state index contributed by atoms with van der Waals surface area (Å²) in [6, 6.07) is 15.6. The fourth-order valence-corrected chi connectivity index (χ4v) is 5.16. The molecule has 1 heterocycles. The molecular formula is C33H40N8O5. The molecule has 0 aromatic heterocycles. The molecule has 0 spiro atoms. The van der Waals surface area contributed by atoms with Crippen molar-refractivity contribution in [1.82, 2.24) is 26.2 Å². The minimum Gasteiger partial charge on any atom is -0.345 e. The number of azide groups is 1. The highest BCUT2D eigenvalue weighted by Gasteiger charge is 2.39. The highest BCUT2D eigenvalue weighted by Crippen LogP contribution is 2.20. The number of hydrogen-bond acceptors (Lipinski definition) is 6. The molecule has 3 rings (SSSR count). The van der Waals surface area contributed by atoms with Gasteiger partial charge >= 0.3 is 0 Å². The van der Waals surface area contributed by atoms with E-state index < -0.39 is 41.8 Å². The number of hydrogen-bond donors (Lipinski definition) is 4. The summed E-state index contributed by atoms with van der Waals surface area (Å²) in [5.41, 5.74) is 10.1. The lowest BCUT2D eigenvalue weighted by Gasteiger charge is -2.30. The first-order chi connectivity index (χ1) is 22.3. The Morgan fingerprint density at radius 1 is 0.913 bits per heavy atom. The van der Waals surface area contributed by atoms with Crippen molar-refractivity contribution in [3.05, 3.63) is 82.2 Å². The number of likely N-dealkylation sites (tertiary alicyclic amines) is 1. The van der Waals surface area contributed by atoms with Crippen LogP contribution in [-0.2, 0) is 36.8 Å². The Balaban J connectivity index is 1.73. The van der Waals surface area contributed by atoms with E-state index in [1.165, 1.54) is 4.90 Å². The standard InChI is InChI=1S/C33H40N8O5/c1-2-18-35-30(43)23-36-31(44)26(21-24-12-5-3-6-13-24)39-32(45)28-16-11-20-41(28)33(46)27(22-25-14-7-4-8-15-25)38-29(42)17-9-10-19-37-40-34/h1,3-8,12-15,26-28H,9-11,16-23H2,(H,35,43)(H,36,44)(H,38,42)(H,39,45)/t26-,27-,28-/m0/s1. The van der Waals surface area contributed by atoms with Gasteiger partial charge in [0.1, 0.15) is 18.1 Å². The number of terminal acetylenes is 1. The third-order valence-corrected chi connectivity index (χ3v) is 7.46. The smallest absolute Gasteiger partial charge is 0.246 e. The Morgan fingerprint density at radius 2 is 1.57 bits per heavy atom. The Kier molecular flexibility index (Phi) is 14.6. The van der Waals surface area contributed by atoms with Crippen LogP contribution in [0.15, 0.2) is 65.8 Å². The van der Waals surface area contributed by atoms with Crippen molar-refractivity contribution in [3.63, 3.8) is 0 Å². The molecule has 5 amide bonds. The van der Waals surface area contributed by atoms with Gasteiger partial charge in [-0.2, -0.15) is 0 Å². The van der Waals surface area contributed by atoms with Gasteiger partial charge in [0, 0.05) is 37.3 Å². The van der Waals surface area contributed by atoms with E-state index in [4.69, 9.17) is 12.0 Å². The zero-order valence-corrected chi connectivity index (χ0v) is 25.7. The normalized spacial score (nSPS) is 14.9. The van der Waals surface area contributed by atoms with Gasteiger partial charge in [0.15, 0.2) is 0 Å². The fraction of sp³-hybridized carbons (Fsp3) is 0.424. The van der Waals surface area contributed by atoms with Gasteiger partial charge in [0.25, 0.3) is 0 Å². The van der Waals surface area contributed by atoms with Crippen LogP contribution < -0.4 is 21.3 Å². The molecule has 4 N–H and O–H groups in total. The second-order valence-electron chi connectivity index (χ2n) is 10.9. The number of amides is 5. The van der Waals surface area contributed by atoms with Crippen molar-refractivity contribution in [1.29, 1.82) is 0 Å². The van der Waals surface area contributed by atoms with Gasteiger partial charge < -0.3 is 26.2 Å². The Hall–Kier alpha value is -5.34. The molecule has 1 saturated heterocycles. The summed E-state index contributed by atoms with van der Waals surface area (Å²) in [5, 5.41) is 14.1. The molecule has 2 aromatic rings. The van der Waals surface area contributed by atoms with Gasteiger partial charge in [-0.3, -0.25) is 24.0 Å². The number of carbonyl (C=O) groups excluding carboxylic acids is 5. The number of unbranched alkanes of at least 4 members (excludes halogenated alkanes) is 1. The maximum absolute atomic E-state index is 13.9. The number of benzene rings is 2. The first kappa shape index (κ1) is 35.1. The van der Waals surface area contributed by atoms with Crippen molar-refractivity contribution in [2.24, 2.45) is 5.11 Å². The van der Waals surface area contributed by atoms with Gasteiger partial charge in [-0.25, -0.2) is 0 Å². The highest BCUT2D eigenvalue weighted by molar-refractivity contribution is 5.95. The molecule has 0 aliphatic carbocycles. The molecule has 242 valence electrons. The molecular weight excluding hydrogens is 588 g/mol. The van der Waals surface area contributed by atoms with Crippen LogP contribution in [0.5, 0.6) is 0 Å². The maximum Gasteiger partial charge on any atom is 0.246 e. The van der Waals surface area contributed by atoms with E-state index in [1.807, 2.05) is 60.7 Å². The molecule has 3 atom stereocenters. The average molecular weight is 629 g/mol. The molecule has 0 bridgehead atoms. The summed E-state index contributed by atoms with van der Waals surface area (Å²) in [6.07, 6.45) is 7.70. The topological polar surface area (TPSA) is 185 Å². The summed E-state index contributed by atoms with van der Waals surface area (Å²) >= 11 is 0. The van der Waals surface area contributed by atoms with Crippen LogP contribution in [0.25, 0.3) is 10.4 Å². The van der Waals surface area contributed by atoms with E-state index >= 15 is 0 Å². The van der Waals surface area contributed by atoms with Crippen molar-refractivity contribution in [2.75, 3.05) is 26.2 Å². The quantitative estimate of drug-likeness (QED) is 0.0683. The predicted octanol–water partition coefficient (Wildman–Crippen LogP) is 1.78. The van der Waals surface area contributed by atoms with Gasteiger partial charge in [-0.15, -0.1) is 6.42 Å². The van der Waals surface area contributed by atoms with Crippen molar-refractivity contribution < 1.29 is 24.0 Å². The number of carbonyl (C=O) groups is 5. The van der Waals surface area contributed by atoms with E-state index in [2.05, 4.69) is 37.2 Å². The van der Waals surface area contributed by atoms with Gasteiger partial charge in [-0.1, -0.05) is 71.7 Å². The third-order valence-electron chi connectivity index (χ3n) is 7.46. The van der Waals surface area contributed by atoms with Crippen molar-refractivity contribution in [3.8, 4) is 12.3 Å². The van der Waals surface area contributed by atoms with Crippen molar-refractivity contribution in [2.45, 2.75) is 63.1 Å². The number of rotatable bonds is 17. The molecule has 1 aliphatic heterocycles. The molecule has 13 heteroatoms. The third kappa shape index (κ3) is 11.6. The number of nitrogens with zero attached hydrogens (tertiary/aromatic N) is 4. The SMILES string of the molecule is C#CCNC(=O)CNC(=O)[C@H](Cc1ccccc1)NC(=O)[C@@H]1CCCN1C(=O)[C@H](Cc1ccccc1)NC(=O)CCCCN=[N+]=[N-]. The zero-order chi connectivity index (χ0) is 33.1. The summed E-state index contributed by atoms with van der Waals surface area (Å²) in [4.78, 5) is 69.8. The Morgan fingerprint density at radius 3 is 2.20 bits per heavy atom. The minimum absolute atomic E-state index is 0.0214. The molecule has 13 nitrogen and oxygen atoms in total. The van der Waals surface area contributed by atoms with Crippen LogP contribution >= 0.6 is 0 Å². The van der Waals surface area contributed by atoms with Gasteiger partial charge in [-0.05, 0) is 42.3 Å². The molecule has 0 radical (unpaired) electrons. The lowest BCUT2D eigenvalue weighted by Crippen LogP contribution is -2.57. The zero-order valence-electron chi connectivity index (χ0n) is 25.7. The molecule has 0 saturated carbocycles. The Bertz CT molecular complexity index is 1420. The lowest BCUT2D eigenvalue weighted by atomic mass is 10.0. The average Bonchev–Trinajstić information content (AvgIpc) is 3.56. The fourth-order valence-electron chi connectivity index (χ4n) is 5.16. The molecule has 46 heavy (non-hydrogen) atoms. The van der Waals surface area contributed by atoms with Crippen LogP contribution in [0.1, 0.15) is 43.2 Å².